The molecule has 0 saturated heterocycles. The Morgan fingerprint density at radius 2 is 1.76 bits per heavy atom. The Hall–Kier alpha value is -2.68. The normalized spacial score (nSPS) is 10.9. The predicted molar refractivity (Wildman–Crippen MR) is 107 cm³/mol. The van der Waals surface area contributed by atoms with Gasteiger partial charge in [0.1, 0.15) is 11.5 Å². The Bertz CT molecular complexity index is 813. The number of aromatic hydroxyl groups is 2. The van der Waals surface area contributed by atoms with Gasteiger partial charge in [-0.15, -0.1) is 0 Å². The van der Waals surface area contributed by atoms with E-state index < -0.39 is 0 Å². The highest BCUT2D eigenvalue weighted by atomic mass is 16.3. The zero-order valence-corrected chi connectivity index (χ0v) is 15.7. The molecule has 0 fully saturated rings. The van der Waals surface area contributed by atoms with E-state index in [4.69, 9.17) is 0 Å². The van der Waals surface area contributed by atoms with Crippen molar-refractivity contribution in [3.63, 3.8) is 0 Å². The molecule has 2 rings (SSSR count). The smallest absolute Gasteiger partial charge is 0.138 e. The number of nitrogens with zero attached hydrogens (tertiary/aromatic N) is 1. The van der Waals surface area contributed by atoms with E-state index in [-0.39, 0.29) is 11.5 Å². The third-order valence-corrected chi connectivity index (χ3v) is 4.14. The van der Waals surface area contributed by atoms with Gasteiger partial charge in [-0.3, -0.25) is 0 Å². The molecular formula is C22H27NO2. The summed E-state index contributed by atoms with van der Waals surface area (Å²) in [6.07, 6.45) is 7.06. The minimum absolute atomic E-state index is 0.264. The van der Waals surface area contributed by atoms with Gasteiger partial charge in [0.2, 0.25) is 0 Å². The lowest BCUT2D eigenvalue weighted by Gasteiger charge is -2.14. The molecule has 2 aromatic rings. The van der Waals surface area contributed by atoms with Crippen LogP contribution in [0.2, 0.25) is 0 Å². The van der Waals surface area contributed by atoms with Crippen LogP contribution in [-0.2, 0) is 6.42 Å². The molecule has 0 radical (unpaired) electrons. The fourth-order valence-corrected chi connectivity index (χ4v) is 2.75. The molecule has 132 valence electrons. The maximum absolute atomic E-state index is 9.96. The lowest BCUT2D eigenvalue weighted by Crippen LogP contribution is -2.08. The van der Waals surface area contributed by atoms with Gasteiger partial charge in [0.25, 0.3) is 0 Å². The molecule has 0 amide bonds. The number of rotatable bonds is 5. The van der Waals surface area contributed by atoms with Crippen LogP contribution in [-0.4, -0.2) is 24.3 Å². The van der Waals surface area contributed by atoms with Gasteiger partial charge in [-0.2, -0.15) is 0 Å². The van der Waals surface area contributed by atoms with Gasteiger partial charge in [-0.1, -0.05) is 29.9 Å². The van der Waals surface area contributed by atoms with Crippen LogP contribution in [0.25, 0.3) is 12.2 Å². The zero-order chi connectivity index (χ0) is 18.6. The van der Waals surface area contributed by atoms with Gasteiger partial charge in [-0.25, -0.2) is 0 Å². The third kappa shape index (κ3) is 4.90. The molecular weight excluding hydrogens is 310 g/mol. The number of phenolic OH excluding ortho intramolecular Hbond substituents is 2. The number of hydrogen-bond acceptors (Lipinski definition) is 3. The van der Waals surface area contributed by atoms with Crippen LogP contribution in [0.3, 0.4) is 0 Å². The van der Waals surface area contributed by atoms with Gasteiger partial charge in [-0.05, 0) is 73.7 Å². The molecule has 0 aliphatic rings. The summed E-state index contributed by atoms with van der Waals surface area (Å²) in [6.45, 7) is 6.20. The number of aryl methyl sites for hydroxylation is 1. The first kappa shape index (κ1) is 18.7. The number of anilines is 1. The largest absolute Gasteiger partial charge is 0.508 e. The van der Waals surface area contributed by atoms with Crippen molar-refractivity contribution in [1.82, 2.24) is 0 Å². The first-order valence-corrected chi connectivity index (χ1v) is 8.42. The lowest BCUT2D eigenvalue weighted by molar-refractivity contribution is 0.474. The molecule has 3 nitrogen and oxygen atoms in total. The van der Waals surface area contributed by atoms with E-state index in [1.807, 2.05) is 50.2 Å². The third-order valence-electron chi connectivity index (χ3n) is 4.14. The topological polar surface area (TPSA) is 43.7 Å². The van der Waals surface area contributed by atoms with Crippen molar-refractivity contribution in [1.29, 1.82) is 0 Å². The van der Waals surface area contributed by atoms with Crippen LogP contribution in [0.4, 0.5) is 5.69 Å². The number of allylic oxidation sites excluding steroid dienone is 2. The molecule has 0 aromatic heterocycles. The highest BCUT2D eigenvalue weighted by Crippen LogP contribution is 2.28. The fraction of sp³-hybridized carbons (Fsp3) is 0.273. The molecule has 2 aromatic carbocycles. The molecule has 0 atom stereocenters. The van der Waals surface area contributed by atoms with Crippen molar-refractivity contribution in [2.24, 2.45) is 0 Å². The monoisotopic (exact) mass is 337 g/mol. The Kier molecular flexibility index (Phi) is 5.92. The minimum atomic E-state index is 0.264. The van der Waals surface area contributed by atoms with Crippen LogP contribution < -0.4 is 4.90 Å². The Balaban J connectivity index is 2.40. The molecule has 3 heteroatoms. The average molecular weight is 337 g/mol. The van der Waals surface area contributed by atoms with Gasteiger partial charge >= 0.3 is 0 Å². The maximum atomic E-state index is 9.96. The molecule has 0 unspecified atom stereocenters. The summed E-state index contributed by atoms with van der Waals surface area (Å²) in [7, 11) is 3.80. The summed E-state index contributed by atoms with van der Waals surface area (Å²) in [4.78, 5) is 1.88. The first-order chi connectivity index (χ1) is 11.8. The molecule has 2 N–H and O–H groups in total. The van der Waals surface area contributed by atoms with Gasteiger partial charge in [0.05, 0.1) is 5.69 Å². The van der Waals surface area contributed by atoms with Crippen molar-refractivity contribution < 1.29 is 10.2 Å². The molecule has 0 aliphatic carbocycles. The van der Waals surface area contributed by atoms with Gasteiger partial charge < -0.3 is 15.1 Å². The molecule has 0 saturated carbocycles. The van der Waals surface area contributed by atoms with E-state index >= 15 is 0 Å². The average Bonchev–Trinajstić information content (AvgIpc) is 2.52. The summed E-state index contributed by atoms with van der Waals surface area (Å²) in [6, 6.07) is 9.12. The molecule has 0 aliphatic heterocycles. The summed E-state index contributed by atoms with van der Waals surface area (Å²) in [5, 5.41) is 19.9. The minimum Gasteiger partial charge on any atom is -0.508 e. The number of benzene rings is 2. The second-order valence-corrected chi connectivity index (χ2v) is 6.79. The van der Waals surface area contributed by atoms with Gasteiger partial charge in [0.15, 0.2) is 0 Å². The highest BCUT2D eigenvalue weighted by Gasteiger charge is 2.06. The SMILES string of the molecule is CC(C)=CCc1c(C)cc(O)cc1/C=C/c1ccc(O)c(N(C)C)c1. The lowest BCUT2D eigenvalue weighted by atomic mass is 9.96. The van der Waals surface area contributed by atoms with Crippen molar-refractivity contribution in [2.45, 2.75) is 27.2 Å². The van der Waals surface area contributed by atoms with Crippen LogP contribution in [0.5, 0.6) is 11.5 Å². The van der Waals surface area contributed by atoms with E-state index in [0.29, 0.717) is 0 Å². The van der Waals surface area contributed by atoms with Crippen LogP contribution in [0.15, 0.2) is 42.0 Å². The number of hydrogen-bond donors (Lipinski definition) is 2. The highest BCUT2D eigenvalue weighted by molar-refractivity contribution is 5.75. The van der Waals surface area contributed by atoms with Crippen molar-refractivity contribution in [3.8, 4) is 11.5 Å². The number of phenols is 2. The Morgan fingerprint density at radius 1 is 1.04 bits per heavy atom. The summed E-state index contributed by atoms with van der Waals surface area (Å²) in [5.74, 6) is 0.539. The van der Waals surface area contributed by atoms with E-state index in [9.17, 15) is 10.2 Å². The second-order valence-electron chi connectivity index (χ2n) is 6.79. The summed E-state index contributed by atoms with van der Waals surface area (Å²) < 4.78 is 0. The second kappa shape index (κ2) is 7.93. The van der Waals surface area contributed by atoms with Crippen LogP contribution >= 0.6 is 0 Å². The zero-order valence-electron chi connectivity index (χ0n) is 15.7. The predicted octanol–water partition coefficient (Wildman–Crippen LogP) is 5.15. The standard InChI is InChI=1S/C22H27NO2/c1-15(2)6-10-20-16(3)12-19(24)14-18(20)9-7-17-8-11-22(25)21(13-17)23(4)5/h6-9,11-14,24-25H,10H2,1-5H3/b9-7+. The van der Waals surface area contributed by atoms with E-state index in [2.05, 4.69) is 19.9 Å². The van der Waals surface area contributed by atoms with Crippen molar-refractivity contribution in [2.75, 3.05) is 19.0 Å². The molecule has 0 heterocycles. The Labute approximate surface area is 150 Å². The van der Waals surface area contributed by atoms with E-state index in [1.54, 1.807) is 18.2 Å². The van der Waals surface area contributed by atoms with Crippen LogP contribution in [0.1, 0.15) is 36.1 Å². The van der Waals surface area contributed by atoms with Crippen molar-refractivity contribution >= 4 is 17.8 Å². The molecule has 0 spiro atoms. The molecule has 25 heavy (non-hydrogen) atoms. The summed E-state index contributed by atoms with van der Waals surface area (Å²) in [5.41, 5.74) is 6.35. The maximum Gasteiger partial charge on any atom is 0.138 e. The van der Waals surface area contributed by atoms with Gasteiger partial charge in [0, 0.05) is 14.1 Å². The van der Waals surface area contributed by atoms with Crippen LogP contribution in [0, 0.1) is 6.92 Å². The first-order valence-electron chi connectivity index (χ1n) is 8.42. The summed E-state index contributed by atoms with van der Waals surface area (Å²) >= 11 is 0. The fourth-order valence-electron chi connectivity index (χ4n) is 2.75. The van der Waals surface area contributed by atoms with E-state index in [0.717, 1.165) is 28.8 Å². The quantitative estimate of drug-likeness (QED) is 0.585. The molecule has 0 bridgehead atoms. The van der Waals surface area contributed by atoms with E-state index in [1.165, 1.54) is 11.1 Å². The Morgan fingerprint density at radius 3 is 2.40 bits per heavy atom. The van der Waals surface area contributed by atoms with Crippen molar-refractivity contribution in [3.05, 3.63) is 64.2 Å².